The van der Waals surface area contributed by atoms with Crippen LogP contribution in [0.4, 0.5) is 0 Å². The van der Waals surface area contributed by atoms with Crippen LogP contribution in [0, 0.1) is 17.8 Å². The molecule has 0 aliphatic carbocycles. The van der Waals surface area contributed by atoms with Gasteiger partial charge in [-0.2, -0.15) is 0 Å². The molecule has 4 aliphatic rings. The van der Waals surface area contributed by atoms with E-state index >= 15 is 0 Å². The molecule has 250 valence electrons. The van der Waals surface area contributed by atoms with Crippen LogP contribution in [0.3, 0.4) is 0 Å². The minimum absolute atomic E-state index is 0.173. The van der Waals surface area contributed by atoms with Crippen molar-refractivity contribution in [2.45, 2.75) is 95.7 Å². The summed E-state index contributed by atoms with van der Waals surface area (Å²) in [5.74, 6) is -3.78. The first-order chi connectivity index (χ1) is 22.0. The predicted molar refractivity (Wildman–Crippen MR) is 175 cm³/mol. The second kappa shape index (κ2) is 14.4. The minimum atomic E-state index is -1.42. The van der Waals surface area contributed by atoms with Crippen molar-refractivity contribution in [1.82, 2.24) is 15.1 Å². The van der Waals surface area contributed by atoms with Crippen molar-refractivity contribution in [2.75, 3.05) is 19.7 Å². The molecule has 3 amide bonds. The molecular formula is C35H46BrN3O7. The summed E-state index contributed by atoms with van der Waals surface area (Å²) in [5.41, 5.74) is -0.725. The summed E-state index contributed by atoms with van der Waals surface area (Å²) in [4.78, 5) is 59.8. The number of likely N-dealkylation sites (tertiary alicyclic amines) is 1. The van der Waals surface area contributed by atoms with Crippen molar-refractivity contribution in [1.29, 1.82) is 0 Å². The molecule has 0 aromatic heterocycles. The summed E-state index contributed by atoms with van der Waals surface area (Å²) in [6.07, 6.45) is 7.30. The van der Waals surface area contributed by atoms with E-state index in [-0.39, 0.29) is 30.8 Å². The van der Waals surface area contributed by atoms with E-state index in [1.165, 1.54) is 4.90 Å². The number of hydrogen-bond donors (Lipinski definition) is 2. The van der Waals surface area contributed by atoms with Crippen LogP contribution in [0.15, 0.2) is 53.0 Å². The Kier molecular flexibility index (Phi) is 10.7. The lowest BCUT2D eigenvalue weighted by Gasteiger charge is -2.40. The zero-order chi connectivity index (χ0) is 33.2. The Morgan fingerprint density at radius 3 is 2.48 bits per heavy atom. The number of nitrogens with zero attached hydrogens (tertiary/aromatic N) is 2. The van der Waals surface area contributed by atoms with E-state index in [0.717, 1.165) is 19.3 Å². The number of halogens is 1. The normalized spacial score (nSPS) is 33.2. The van der Waals surface area contributed by atoms with Gasteiger partial charge in [0, 0.05) is 24.0 Å². The summed E-state index contributed by atoms with van der Waals surface area (Å²) in [7, 11) is 0. The molecule has 1 aromatic rings. The van der Waals surface area contributed by atoms with E-state index in [1.807, 2.05) is 56.3 Å². The molecular weight excluding hydrogens is 654 g/mol. The number of amides is 3. The van der Waals surface area contributed by atoms with Gasteiger partial charge in [-0.15, -0.1) is 0 Å². The number of aliphatic hydroxyl groups excluding tert-OH is 1. The first kappa shape index (κ1) is 34.3. The number of esters is 1. The van der Waals surface area contributed by atoms with Gasteiger partial charge in [-0.05, 0) is 37.3 Å². The van der Waals surface area contributed by atoms with Gasteiger partial charge in [-0.3, -0.25) is 19.2 Å². The lowest BCUT2D eigenvalue weighted by atomic mass is 9.74. The van der Waals surface area contributed by atoms with Crippen LogP contribution < -0.4 is 5.32 Å². The number of nitrogens with one attached hydrogen (secondary N) is 1. The smallest absolute Gasteiger partial charge is 0.313 e. The van der Waals surface area contributed by atoms with Gasteiger partial charge in [0.25, 0.3) is 0 Å². The maximum Gasteiger partial charge on any atom is 0.313 e. The minimum Gasteiger partial charge on any atom is -0.455 e. The van der Waals surface area contributed by atoms with Crippen molar-refractivity contribution in [2.24, 2.45) is 17.8 Å². The van der Waals surface area contributed by atoms with Crippen molar-refractivity contribution in [3.63, 3.8) is 0 Å². The second-order valence-corrected chi connectivity index (χ2v) is 14.1. The van der Waals surface area contributed by atoms with Crippen LogP contribution in [0.2, 0.25) is 0 Å². The number of benzene rings is 1. The first-order valence-electron chi connectivity index (χ1n) is 16.5. The first-order valence-corrected chi connectivity index (χ1v) is 17.3. The van der Waals surface area contributed by atoms with Gasteiger partial charge in [0.2, 0.25) is 17.7 Å². The van der Waals surface area contributed by atoms with Gasteiger partial charge in [0.1, 0.15) is 29.8 Å². The molecule has 2 fully saturated rings. The topological polar surface area (TPSA) is 125 Å². The van der Waals surface area contributed by atoms with Gasteiger partial charge in [-0.1, -0.05) is 92.0 Å². The molecule has 5 rings (SSSR count). The van der Waals surface area contributed by atoms with Crippen LogP contribution >= 0.6 is 15.9 Å². The quantitative estimate of drug-likeness (QED) is 0.239. The van der Waals surface area contributed by atoms with Crippen LogP contribution in [0.5, 0.6) is 0 Å². The van der Waals surface area contributed by atoms with Crippen LogP contribution in [-0.4, -0.2) is 88.1 Å². The van der Waals surface area contributed by atoms with Gasteiger partial charge in [0.15, 0.2) is 0 Å². The molecule has 0 radical (unpaired) electrons. The highest BCUT2D eigenvalue weighted by atomic mass is 79.9. The highest BCUT2D eigenvalue weighted by Gasteiger charge is 2.75. The lowest BCUT2D eigenvalue weighted by Crippen LogP contribution is -2.59. The molecule has 1 aromatic carbocycles. The van der Waals surface area contributed by atoms with Gasteiger partial charge >= 0.3 is 5.97 Å². The van der Waals surface area contributed by atoms with E-state index in [9.17, 15) is 24.3 Å². The summed E-state index contributed by atoms with van der Waals surface area (Å²) in [6.45, 7) is 8.10. The Labute approximate surface area is 279 Å². The zero-order valence-electron chi connectivity index (χ0n) is 27.1. The number of rotatable bonds is 8. The zero-order valence-corrected chi connectivity index (χ0v) is 28.6. The molecule has 1 spiro atoms. The largest absolute Gasteiger partial charge is 0.455 e. The molecule has 8 atom stereocenters. The molecule has 0 saturated carbocycles. The number of fused-ring (bicyclic) bond motifs is 2. The van der Waals surface area contributed by atoms with Crippen LogP contribution in [-0.2, 0) is 28.7 Å². The van der Waals surface area contributed by atoms with E-state index in [0.29, 0.717) is 29.6 Å². The number of carbonyl (C=O) groups is 4. The highest BCUT2D eigenvalue weighted by molar-refractivity contribution is 9.11. The van der Waals surface area contributed by atoms with Gasteiger partial charge in [0.05, 0.1) is 24.6 Å². The molecule has 46 heavy (non-hydrogen) atoms. The molecule has 2 N–H and O–H groups in total. The Hall–Kier alpha value is -3.02. The van der Waals surface area contributed by atoms with Crippen molar-refractivity contribution in [3.8, 4) is 0 Å². The van der Waals surface area contributed by atoms with Gasteiger partial charge in [-0.25, -0.2) is 0 Å². The Morgan fingerprint density at radius 2 is 1.80 bits per heavy atom. The molecule has 4 aliphatic heterocycles. The average molecular weight is 701 g/mol. The number of unbranched alkanes of at least 4 members (excludes halogenated alkanes) is 2. The van der Waals surface area contributed by atoms with Crippen molar-refractivity contribution >= 4 is 39.6 Å². The van der Waals surface area contributed by atoms with E-state index in [1.54, 1.807) is 17.9 Å². The Balaban J connectivity index is 1.62. The summed E-state index contributed by atoms with van der Waals surface area (Å²) >= 11 is 3.60. The Bertz CT molecular complexity index is 1370. The summed E-state index contributed by atoms with van der Waals surface area (Å²) in [6, 6.07) is 6.87. The van der Waals surface area contributed by atoms with Crippen LogP contribution in [0.1, 0.15) is 71.5 Å². The number of cyclic esters (lactones) is 1. The molecule has 0 unspecified atom stereocenters. The molecule has 10 nitrogen and oxygen atoms in total. The Morgan fingerprint density at radius 1 is 1.07 bits per heavy atom. The van der Waals surface area contributed by atoms with E-state index < -0.39 is 59.6 Å². The fraction of sp³-hybridized carbons (Fsp3) is 0.600. The van der Waals surface area contributed by atoms with Gasteiger partial charge < -0.3 is 29.7 Å². The number of hydrogen-bond acceptors (Lipinski definition) is 7. The van der Waals surface area contributed by atoms with E-state index in [2.05, 4.69) is 28.2 Å². The molecule has 2 saturated heterocycles. The SMILES string of the molecule is CCCCCN1C/C=C\CCC(=O)N[C@@H](C)[C@H](c2ccccc2)OC(=O)[C@H]2[C@@H]3O[C@@]4(C=C3Br)[C@@H]2C(=O)N([C@@H](CO)C(C)C)[C@@H]4C1=O. The number of aliphatic hydroxyl groups is 1. The average Bonchev–Trinajstić information content (AvgIpc) is 3.62. The van der Waals surface area contributed by atoms with E-state index in [4.69, 9.17) is 9.47 Å². The lowest BCUT2D eigenvalue weighted by molar-refractivity contribution is -0.162. The number of ether oxygens (including phenoxy) is 2. The fourth-order valence-electron chi connectivity index (χ4n) is 7.44. The maximum atomic E-state index is 14.7. The summed E-state index contributed by atoms with van der Waals surface area (Å²) in [5, 5.41) is 13.5. The fourth-order valence-corrected chi connectivity index (χ4v) is 8.18. The van der Waals surface area contributed by atoms with Crippen LogP contribution in [0.25, 0.3) is 0 Å². The third-order valence-corrected chi connectivity index (χ3v) is 10.5. The number of carbonyl (C=O) groups excluding carboxylic acids is 4. The second-order valence-electron chi connectivity index (χ2n) is 13.2. The van der Waals surface area contributed by atoms with Crippen molar-refractivity contribution < 1.29 is 33.8 Å². The highest BCUT2D eigenvalue weighted by Crippen LogP contribution is 2.59. The molecule has 5 bridgehead atoms. The predicted octanol–water partition coefficient (Wildman–Crippen LogP) is 4.03. The molecule has 11 heteroatoms. The summed E-state index contributed by atoms with van der Waals surface area (Å²) < 4.78 is 13.4. The third kappa shape index (κ3) is 6.30. The van der Waals surface area contributed by atoms with Crippen molar-refractivity contribution in [3.05, 3.63) is 58.6 Å². The third-order valence-electron chi connectivity index (χ3n) is 9.77. The standard InChI is InChI=1S/C35H46BrN3O7/c1-5-6-12-17-38-18-13-8-11-16-26(41)37-22(4)29(23-14-9-7-10-15-23)45-34(44)27-28-32(42)39(25(20-40)21(2)3)31(33(38)43)35(28)19-24(36)30(27)46-35/h7-10,13-15,19,21-22,25,27-31,40H,5-6,11-12,16-18,20H2,1-4H3,(H,37,41)/b13-8-/t22-,25-,27+,28-,29+,30+,31+,35-/m0/s1. The monoisotopic (exact) mass is 699 g/mol. The maximum absolute atomic E-state index is 14.7. The molecule has 4 heterocycles. The number of allylic oxidation sites excluding steroid dienone is 1.